The van der Waals surface area contributed by atoms with Gasteiger partial charge in [-0.3, -0.25) is 4.79 Å². The molecule has 0 fully saturated rings. The van der Waals surface area contributed by atoms with Gasteiger partial charge in [0.25, 0.3) is 5.91 Å². The van der Waals surface area contributed by atoms with E-state index < -0.39 is 0 Å². The Morgan fingerprint density at radius 2 is 2.00 bits per heavy atom. The highest BCUT2D eigenvalue weighted by Gasteiger charge is 2.07. The number of rotatable bonds is 6. The Bertz CT molecular complexity index is 543. The Kier molecular flexibility index (Phi) is 6.49. The van der Waals surface area contributed by atoms with E-state index in [0.717, 1.165) is 27.8 Å². The molecule has 4 heteroatoms. The molecule has 0 atom stereocenters. The minimum atomic E-state index is -0.0605. The summed E-state index contributed by atoms with van der Waals surface area (Å²) in [5, 5.41) is 2.93. The summed E-state index contributed by atoms with van der Waals surface area (Å²) >= 11 is 3.53. The van der Waals surface area contributed by atoms with Crippen molar-refractivity contribution in [2.45, 2.75) is 46.0 Å². The van der Waals surface area contributed by atoms with E-state index >= 15 is 0 Å². The lowest BCUT2D eigenvalue weighted by Crippen LogP contribution is -2.30. The van der Waals surface area contributed by atoms with E-state index in [1.807, 2.05) is 26.0 Å². The maximum absolute atomic E-state index is 11.8. The lowest BCUT2D eigenvalue weighted by atomic mass is 9.97. The van der Waals surface area contributed by atoms with Gasteiger partial charge in [-0.2, -0.15) is 0 Å². The third-order valence-electron chi connectivity index (χ3n) is 3.93. The number of nitrogens with one attached hydrogen (secondary N) is 1. The van der Waals surface area contributed by atoms with Gasteiger partial charge in [-0.1, -0.05) is 27.6 Å². The van der Waals surface area contributed by atoms with Crippen molar-refractivity contribution in [1.82, 2.24) is 5.32 Å². The number of hydrogen-bond donors (Lipinski definition) is 1. The van der Waals surface area contributed by atoms with Crippen molar-refractivity contribution in [3.05, 3.63) is 39.4 Å². The first-order chi connectivity index (χ1) is 10.6. The summed E-state index contributed by atoms with van der Waals surface area (Å²) < 4.78 is 6.67. The van der Waals surface area contributed by atoms with Crippen molar-refractivity contribution in [3.8, 4) is 5.75 Å². The average Bonchev–Trinajstić information content (AvgIpc) is 2.51. The van der Waals surface area contributed by atoms with Gasteiger partial charge in [0, 0.05) is 11.0 Å². The molecule has 1 N–H and O–H groups in total. The van der Waals surface area contributed by atoms with Crippen molar-refractivity contribution < 1.29 is 9.53 Å². The summed E-state index contributed by atoms with van der Waals surface area (Å²) in [6.07, 6.45) is 8.24. The first kappa shape index (κ1) is 17.1. The Labute approximate surface area is 141 Å². The van der Waals surface area contributed by atoms with E-state index in [2.05, 4.69) is 27.3 Å². The second kappa shape index (κ2) is 8.37. The van der Waals surface area contributed by atoms with Crippen molar-refractivity contribution in [2.24, 2.45) is 0 Å². The third kappa shape index (κ3) is 5.16. The number of hydrogen-bond acceptors (Lipinski definition) is 2. The predicted octanol–water partition coefficient (Wildman–Crippen LogP) is 4.45. The first-order valence-corrected chi connectivity index (χ1v) is 8.69. The van der Waals surface area contributed by atoms with Crippen LogP contribution in [0.2, 0.25) is 0 Å². The Morgan fingerprint density at radius 1 is 1.27 bits per heavy atom. The third-order valence-corrected chi connectivity index (χ3v) is 5.18. The molecule has 3 nitrogen and oxygen atoms in total. The predicted molar refractivity (Wildman–Crippen MR) is 93.3 cm³/mol. The highest BCUT2D eigenvalue weighted by atomic mass is 79.9. The molecule has 0 heterocycles. The monoisotopic (exact) mass is 365 g/mol. The van der Waals surface area contributed by atoms with Crippen LogP contribution in [0.5, 0.6) is 5.75 Å². The number of ether oxygens (including phenoxy) is 1. The SMILES string of the molecule is Cc1cc(OCC(=O)NCCC2=CCCCC2)cc(C)c1Br. The number of carbonyl (C=O) groups excluding carboxylic acids is 1. The van der Waals surface area contributed by atoms with Crippen LogP contribution in [-0.2, 0) is 4.79 Å². The zero-order valence-corrected chi connectivity index (χ0v) is 15.0. The van der Waals surface area contributed by atoms with Gasteiger partial charge in [0.2, 0.25) is 0 Å². The highest BCUT2D eigenvalue weighted by Crippen LogP contribution is 2.26. The molecule has 0 spiro atoms. The molecule has 1 aliphatic rings. The van der Waals surface area contributed by atoms with Gasteiger partial charge < -0.3 is 10.1 Å². The summed E-state index contributed by atoms with van der Waals surface area (Å²) in [7, 11) is 0. The Balaban J connectivity index is 1.72. The standard InChI is InChI=1S/C18H24BrNO2/c1-13-10-16(11-14(2)18(13)19)22-12-17(21)20-9-8-15-6-4-3-5-7-15/h6,10-11H,3-5,7-9,12H2,1-2H3,(H,20,21). The van der Waals surface area contributed by atoms with Crippen LogP contribution in [0.3, 0.4) is 0 Å². The number of halogens is 1. The van der Waals surface area contributed by atoms with E-state index in [9.17, 15) is 4.79 Å². The van der Waals surface area contributed by atoms with E-state index in [1.165, 1.54) is 31.3 Å². The molecule has 2 rings (SSSR count). The molecule has 0 unspecified atom stereocenters. The zero-order chi connectivity index (χ0) is 15.9. The molecule has 22 heavy (non-hydrogen) atoms. The second-order valence-electron chi connectivity index (χ2n) is 5.87. The topological polar surface area (TPSA) is 38.3 Å². The summed E-state index contributed by atoms with van der Waals surface area (Å²) in [6.45, 7) is 4.80. The molecule has 0 radical (unpaired) electrons. The Hall–Kier alpha value is -1.29. The number of benzene rings is 1. The summed E-state index contributed by atoms with van der Waals surface area (Å²) in [5.41, 5.74) is 3.70. The number of allylic oxidation sites excluding steroid dienone is 1. The minimum absolute atomic E-state index is 0.0605. The number of carbonyl (C=O) groups is 1. The van der Waals surface area contributed by atoms with Crippen LogP contribution >= 0.6 is 15.9 Å². The largest absolute Gasteiger partial charge is 0.484 e. The smallest absolute Gasteiger partial charge is 0.257 e. The molecule has 1 amide bonds. The minimum Gasteiger partial charge on any atom is -0.484 e. The van der Waals surface area contributed by atoms with Crippen LogP contribution in [0.15, 0.2) is 28.3 Å². The quantitative estimate of drug-likeness (QED) is 0.756. The molecular formula is C18H24BrNO2. The lowest BCUT2D eigenvalue weighted by Gasteiger charge is -2.13. The van der Waals surface area contributed by atoms with Gasteiger partial charge in [-0.15, -0.1) is 0 Å². The van der Waals surface area contributed by atoms with E-state index in [4.69, 9.17) is 4.74 Å². The van der Waals surface area contributed by atoms with E-state index in [-0.39, 0.29) is 12.5 Å². The summed E-state index contributed by atoms with van der Waals surface area (Å²) in [5.74, 6) is 0.679. The van der Waals surface area contributed by atoms with E-state index in [1.54, 1.807) is 0 Å². The molecule has 0 aromatic heterocycles. The van der Waals surface area contributed by atoms with Crippen molar-refractivity contribution >= 4 is 21.8 Å². The van der Waals surface area contributed by atoms with Crippen LogP contribution in [0.1, 0.15) is 43.2 Å². The average molecular weight is 366 g/mol. The number of aryl methyl sites for hydroxylation is 2. The second-order valence-corrected chi connectivity index (χ2v) is 6.66. The highest BCUT2D eigenvalue weighted by molar-refractivity contribution is 9.10. The molecule has 0 saturated heterocycles. The van der Waals surface area contributed by atoms with Crippen molar-refractivity contribution in [3.63, 3.8) is 0 Å². The molecule has 0 saturated carbocycles. The summed E-state index contributed by atoms with van der Waals surface area (Å²) in [6, 6.07) is 3.88. The van der Waals surface area contributed by atoms with Crippen LogP contribution in [0.25, 0.3) is 0 Å². The summed E-state index contributed by atoms with van der Waals surface area (Å²) in [4.78, 5) is 11.8. The van der Waals surface area contributed by atoms with Crippen LogP contribution in [0, 0.1) is 13.8 Å². The molecule has 1 aromatic carbocycles. The molecule has 0 bridgehead atoms. The fraction of sp³-hybridized carbons (Fsp3) is 0.500. The maximum atomic E-state index is 11.8. The van der Waals surface area contributed by atoms with Gasteiger partial charge >= 0.3 is 0 Å². The van der Waals surface area contributed by atoms with Gasteiger partial charge in [0.1, 0.15) is 5.75 Å². The Morgan fingerprint density at radius 3 is 2.64 bits per heavy atom. The van der Waals surface area contributed by atoms with Gasteiger partial charge in [0.05, 0.1) is 0 Å². The van der Waals surface area contributed by atoms with Gasteiger partial charge in [-0.25, -0.2) is 0 Å². The van der Waals surface area contributed by atoms with Crippen LogP contribution in [0.4, 0.5) is 0 Å². The maximum Gasteiger partial charge on any atom is 0.257 e. The van der Waals surface area contributed by atoms with Gasteiger partial charge in [-0.05, 0) is 69.2 Å². The fourth-order valence-electron chi connectivity index (χ4n) is 2.68. The fourth-order valence-corrected chi connectivity index (χ4v) is 2.91. The molecule has 1 aromatic rings. The van der Waals surface area contributed by atoms with E-state index in [0.29, 0.717) is 6.54 Å². The molecular weight excluding hydrogens is 342 g/mol. The molecule has 120 valence electrons. The lowest BCUT2D eigenvalue weighted by molar-refractivity contribution is -0.123. The van der Waals surface area contributed by atoms with Crippen molar-refractivity contribution in [2.75, 3.05) is 13.2 Å². The van der Waals surface area contributed by atoms with Crippen molar-refractivity contribution in [1.29, 1.82) is 0 Å². The zero-order valence-electron chi connectivity index (χ0n) is 13.4. The molecule has 1 aliphatic carbocycles. The van der Waals surface area contributed by atoms with Crippen LogP contribution < -0.4 is 10.1 Å². The molecule has 0 aliphatic heterocycles. The number of amides is 1. The van der Waals surface area contributed by atoms with Gasteiger partial charge in [0.15, 0.2) is 6.61 Å². The first-order valence-electron chi connectivity index (χ1n) is 7.90. The normalized spacial score (nSPS) is 14.4. The van der Waals surface area contributed by atoms with Crippen LogP contribution in [-0.4, -0.2) is 19.1 Å².